The average Bonchev–Trinajstić information content (AvgIpc) is 2.89. The van der Waals surface area contributed by atoms with Gasteiger partial charge in [-0.1, -0.05) is 30.3 Å². The molecule has 2 saturated heterocycles. The standard InChI is InChI=1S/C18H26N4O2/c1-13-16(14(2)20-19-13)10-17(23)22-9-8-21(18(24)12-22)11-15-6-4-3-5-7-15/h3-7,13-14,16,19-20H,8-12H2,1-2H3. The van der Waals surface area contributed by atoms with Crippen LogP contribution in [-0.4, -0.2) is 53.3 Å². The van der Waals surface area contributed by atoms with Crippen LogP contribution in [0.1, 0.15) is 25.8 Å². The number of hydrazine groups is 1. The van der Waals surface area contributed by atoms with E-state index in [1.54, 1.807) is 4.90 Å². The van der Waals surface area contributed by atoms with Crippen molar-refractivity contribution in [2.24, 2.45) is 5.92 Å². The summed E-state index contributed by atoms with van der Waals surface area (Å²) in [7, 11) is 0. The van der Waals surface area contributed by atoms with E-state index in [1.807, 2.05) is 35.2 Å². The van der Waals surface area contributed by atoms with E-state index in [0.717, 1.165) is 5.56 Å². The van der Waals surface area contributed by atoms with Crippen LogP contribution in [0.5, 0.6) is 0 Å². The minimum absolute atomic E-state index is 0.0298. The fourth-order valence-corrected chi connectivity index (χ4v) is 3.49. The highest BCUT2D eigenvalue weighted by atomic mass is 16.2. The van der Waals surface area contributed by atoms with E-state index >= 15 is 0 Å². The van der Waals surface area contributed by atoms with Gasteiger partial charge < -0.3 is 9.80 Å². The Morgan fingerprint density at radius 3 is 2.42 bits per heavy atom. The van der Waals surface area contributed by atoms with E-state index < -0.39 is 0 Å². The van der Waals surface area contributed by atoms with Crippen molar-refractivity contribution in [2.45, 2.75) is 38.9 Å². The summed E-state index contributed by atoms with van der Waals surface area (Å²) in [4.78, 5) is 28.5. The number of hydrogen-bond acceptors (Lipinski definition) is 4. The molecule has 0 saturated carbocycles. The highest BCUT2D eigenvalue weighted by Gasteiger charge is 2.34. The van der Waals surface area contributed by atoms with Gasteiger partial charge in [-0.2, -0.15) is 0 Å². The lowest BCUT2D eigenvalue weighted by Gasteiger charge is -2.35. The van der Waals surface area contributed by atoms with Gasteiger partial charge in [0.1, 0.15) is 0 Å². The molecule has 24 heavy (non-hydrogen) atoms. The quantitative estimate of drug-likeness (QED) is 0.855. The van der Waals surface area contributed by atoms with Crippen LogP contribution in [0.3, 0.4) is 0 Å². The van der Waals surface area contributed by atoms with E-state index in [-0.39, 0.29) is 36.4 Å². The maximum absolute atomic E-state index is 12.6. The van der Waals surface area contributed by atoms with E-state index in [4.69, 9.17) is 0 Å². The Balaban J connectivity index is 1.53. The van der Waals surface area contributed by atoms with Crippen LogP contribution in [0.15, 0.2) is 30.3 Å². The maximum Gasteiger partial charge on any atom is 0.242 e. The Kier molecular flexibility index (Phi) is 5.16. The molecule has 2 aliphatic heterocycles. The highest BCUT2D eigenvalue weighted by molar-refractivity contribution is 5.86. The fraction of sp³-hybridized carbons (Fsp3) is 0.556. The van der Waals surface area contributed by atoms with Gasteiger partial charge in [0.15, 0.2) is 0 Å². The molecule has 0 aliphatic carbocycles. The molecule has 130 valence electrons. The van der Waals surface area contributed by atoms with E-state index in [0.29, 0.717) is 26.1 Å². The van der Waals surface area contributed by atoms with Gasteiger partial charge in [-0.3, -0.25) is 20.4 Å². The summed E-state index contributed by atoms with van der Waals surface area (Å²) in [5.74, 6) is 0.370. The first kappa shape index (κ1) is 16.9. The lowest BCUT2D eigenvalue weighted by Crippen LogP contribution is -2.52. The van der Waals surface area contributed by atoms with Crippen LogP contribution in [0.25, 0.3) is 0 Å². The van der Waals surface area contributed by atoms with Crippen LogP contribution in [0.4, 0.5) is 0 Å². The number of piperazine rings is 1. The van der Waals surface area contributed by atoms with Crippen molar-refractivity contribution in [3.05, 3.63) is 35.9 Å². The van der Waals surface area contributed by atoms with Crippen molar-refractivity contribution in [3.8, 4) is 0 Å². The van der Waals surface area contributed by atoms with Crippen LogP contribution in [0, 0.1) is 5.92 Å². The minimum Gasteiger partial charge on any atom is -0.335 e. The normalized spacial score (nSPS) is 27.6. The maximum atomic E-state index is 12.6. The van der Waals surface area contributed by atoms with Gasteiger partial charge in [-0.25, -0.2) is 0 Å². The van der Waals surface area contributed by atoms with Crippen molar-refractivity contribution >= 4 is 11.8 Å². The summed E-state index contributed by atoms with van der Waals surface area (Å²) >= 11 is 0. The van der Waals surface area contributed by atoms with Crippen molar-refractivity contribution in [2.75, 3.05) is 19.6 Å². The second-order valence-electron chi connectivity index (χ2n) is 6.85. The number of hydrogen-bond donors (Lipinski definition) is 2. The molecule has 2 amide bonds. The molecule has 6 nitrogen and oxygen atoms in total. The largest absolute Gasteiger partial charge is 0.335 e. The molecule has 2 aliphatic rings. The monoisotopic (exact) mass is 330 g/mol. The van der Waals surface area contributed by atoms with E-state index in [2.05, 4.69) is 24.7 Å². The molecule has 3 rings (SSSR count). The molecule has 2 heterocycles. The third kappa shape index (κ3) is 3.76. The van der Waals surface area contributed by atoms with Gasteiger partial charge in [0, 0.05) is 44.1 Å². The number of nitrogens with one attached hydrogen (secondary N) is 2. The van der Waals surface area contributed by atoms with Crippen molar-refractivity contribution in [1.82, 2.24) is 20.7 Å². The Hall–Kier alpha value is -1.92. The zero-order valence-electron chi connectivity index (χ0n) is 14.4. The van der Waals surface area contributed by atoms with E-state index in [1.165, 1.54) is 0 Å². The summed E-state index contributed by atoms with van der Waals surface area (Å²) in [6, 6.07) is 10.5. The highest BCUT2D eigenvalue weighted by Crippen LogP contribution is 2.20. The number of nitrogens with zero attached hydrogens (tertiary/aromatic N) is 2. The van der Waals surface area contributed by atoms with Crippen molar-refractivity contribution in [1.29, 1.82) is 0 Å². The summed E-state index contributed by atoms with van der Waals surface area (Å²) in [5, 5.41) is 0. The third-order valence-corrected chi connectivity index (χ3v) is 5.12. The molecule has 0 bridgehead atoms. The molecular weight excluding hydrogens is 304 g/mol. The van der Waals surface area contributed by atoms with Crippen LogP contribution in [-0.2, 0) is 16.1 Å². The number of carbonyl (C=O) groups is 2. The average molecular weight is 330 g/mol. The zero-order valence-corrected chi connectivity index (χ0v) is 14.4. The summed E-state index contributed by atoms with van der Waals surface area (Å²) in [6.45, 7) is 6.20. The molecule has 2 N–H and O–H groups in total. The second kappa shape index (κ2) is 7.32. The van der Waals surface area contributed by atoms with Crippen molar-refractivity contribution in [3.63, 3.8) is 0 Å². The Bertz CT molecular complexity index is 582. The van der Waals surface area contributed by atoms with Gasteiger partial charge in [-0.05, 0) is 19.4 Å². The van der Waals surface area contributed by atoms with E-state index in [9.17, 15) is 9.59 Å². The molecular formula is C18H26N4O2. The Morgan fingerprint density at radius 2 is 1.79 bits per heavy atom. The van der Waals surface area contributed by atoms with Crippen LogP contribution < -0.4 is 10.9 Å². The molecule has 0 spiro atoms. The molecule has 6 heteroatoms. The molecule has 2 fully saturated rings. The summed E-state index contributed by atoms with van der Waals surface area (Å²) < 4.78 is 0. The third-order valence-electron chi connectivity index (χ3n) is 5.12. The van der Waals surface area contributed by atoms with Gasteiger partial charge in [-0.15, -0.1) is 0 Å². The SMILES string of the molecule is CC1NNC(C)C1CC(=O)N1CCN(Cc2ccccc2)C(=O)C1. The first-order valence-corrected chi connectivity index (χ1v) is 8.65. The summed E-state index contributed by atoms with van der Waals surface area (Å²) in [6.07, 6.45) is 0.480. The molecule has 2 unspecified atom stereocenters. The predicted molar refractivity (Wildman–Crippen MR) is 91.7 cm³/mol. The molecule has 0 aromatic heterocycles. The van der Waals surface area contributed by atoms with Crippen LogP contribution in [0.2, 0.25) is 0 Å². The Labute approximate surface area is 143 Å². The summed E-state index contributed by atoms with van der Waals surface area (Å²) in [5.41, 5.74) is 7.47. The van der Waals surface area contributed by atoms with Gasteiger partial charge in [0.25, 0.3) is 0 Å². The molecule has 1 aromatic carbocycles. The van der Waals surface area contributed by atoms with Crippen molar-refractivity contribution < 1.29 is 9.59 Å². The zero-order chi connectivity index (χ0) is 17.1. The predicted octanol–water partition coefficient (Wildman–Crippen LogP) is 0.749. The topological polar surface area (TPSA) is 64.7 Å². The molecule has 0 radical (unpaired) electrons. The van der Waals surface area contributed by atoms with Crippen LogP contribution >= 0.6 is 0 Å². The number of benzene rings is 1. The lowest BCUT2D eigenvalue weighted by molar-refractivity contribution is -0.146. The smallest absolute Gasteiger partial charge is 0.242 e. The minimum atomic E-state index is 0.0298. The first-order valence-electron chi connectivity index (χ1n) is 8.65. The lowest BCUT2D eigenvalue weighted by atomic mass is 9.92. The van der Waals surface area contributed by atoms with Gasteiger partial charge in [0.05, 0.1) is 6.54 Å². The molecule has 1 aromatic rings. The number of amides is 2. The second-order valence-corrected chi connectivity index (χ2v) is 6.85. The van der Waals surface area contributed by atoms with Gasteiger partial charge >= 0.3 is 0 Å². The first-order chi connectivity index (χ1) is 11.5. The number of rotatable bonds is 4. The molecule has 2 atom stereocenters. The Morgan fingerprint density at radius 1 is 1.12 bits per heavy atom. The fourth-order valence-electron chi connectivity index (χ4n) is 3.49. The van der Waals surface area contributed by atoms with Gasteiger partial charge in [0.2, 0.25) is 11.8 Å². The number of carbonyl (C=O) groups excluding carboxylic acids is 2.